The molecule has 0 heterocycles. The molecule has 5 nitrogen and oxygen atoms in total. The minimum absolute atomic E-state index is 0.0823. The fourth-order valence-electron chi connectivity index (χ4n) is 2.77. The predicted molar refractivity (Wildman–Crippen MR) is 74.3 cm³/mol. The standard InChI is InChI=1S/C14H20N2O3/c1-10-5-6-11(12(8-10)16(18)19)15-13-4-3-7-14(13,2)9-17/h5-6,8,13,15,17H,3-4,7,9H2,1-2H3. The molecule has 0 spiro atoms. The van der Waals surface area contributed by atoms with E-state index < -0.39 is 0 Å². The molecule has 2 unspecified atom stereocenters. The minimum Gasteiger partial charge on any atom is -0.396 e. The van der Waals surface area contributed by atoms with Gasteiger partial charge in [0.1, 0.15) is 5.69 Å². The third-order valence-corrected chi connectivity index (χ3v) is 4.12. The van der Waals surface area contributed by atoms with Crippen LogP contribution in [0.2, 0.25) is 0 Å². The number of aliphatic hydroxyl groups excluding tert-OH is 1. The van der Waals surface area contributed by atoms with E-state index in [1.165, 1.54) is 0 Å². The van der Waals surface area contributed by atoms with Crippen LogP contribution in [0.5, 0.6) is 0 Å². The van der Waals surface area contributed by atoms with Crippen molar-refractivity contribution in [3.05, 3.63) is 33.9 Å². The van der Waals surface area contributed by atoms with Crippen molar-refractivity contribution < 1.29 is 10.0 Å². The Balaban J connectivity index is 2.26. The van der Waals surface area contributed by atoms with Gasteiger partial charge in [0.15, 0.2) is 0 Å². The third-order valence-electron chi connectivity index (χ3n) is 4.12. The molecule has 0 saturated heterocycles. The molecule has 1 aromatic rings. The van der Waals surface area contributed by atoms with Gasteiger partial charge in [-0.25, -0.2) is 0 Å². The van der Waals surface area contributed by atoms with Crippen molar-refractivity contribution in [1.29, 1.82) is 0 Å². The summed E-state index contributed by atoms with van der Waals surface area (Å²) >= 11 is 0. The summed E-state index contributed by atoms with van der Waals surface area (Å²) in [6, 6.07) is 5.27. The van der Waals surface area contributed by atoms with E-state index >= 15 is 0 Å². The highest BCUT2D eigenvalue weighted by Crippen LogP contribution is 2.40. The van der Waals surface area contributed by atoms with Gasteiger partial charge >= 0.3 is 0 Å². The second-order valence-corrected chi connectivity index (χ2v) is 5.68. The molecule has 19 heavy (non-hydrogen) atoms. The van der Waals surface area contributed by atoms with Crippen molar-refractivity contribution in [2.45, 2.75) is 39.2 Å². The summed E-state index contributed by atoms with van der Waals surface area (Å²) in [5, 5.41) is 23.9. The average Bonchev–Trinajstić information content (AvgIpc) is 2.74. The van der Waals surface area contributed by atoms with Crippen LogP contribution in [0.25, 0.3) is 0 Å². The predicted octanol–water partition coefficient (Wildman–Crippen LogP) is 2.87. The van der Waals surface area contributed by atoms with Crippen LogP contribution < -0.4 is 5.32 Å². The number of nitro groups is 1. The van der Waals surface area contributed by atoms with E-state index in [9.17, 15) is 15.2 Å². The van der Waals surface area contributed by atoms with Gasteiger partial charge in [-0.05, 0) is 31.4 Å². The zero-order valence-corrected chi connectivity index (χ0v) is 11.3. The van der Waals surface area contributed by atoms with E-state index in [0.29, 0.717) is 5.69 Å². The topological polar surface area (TPSA) is 75.4 Å². The molecule has 0 bridgehead atoms. The summed E-state index contributed by atoms with van der Waals surface area (Å²) in [6.45, 7) is 3.96. The molecule has 0 aromatic heterocycles. The lowest BCUT2D eigenvalue weighted by Gasteiger charge is -2.30. The van der Waals surface area contributed by atoms with Crippen LogP contribution >= 0.6 is 0 Å². The summed E-state index contributed by atoms with van der Waals surface area (Å²) in [7, 11) is 0. The number of nitro benzene ring substituents is 1. The van der Waals surface area contributed by atoms with Gasteiger partial charge in [0.05, 0.1) is 11.5 Å². The van der Waals surface area contributed by atoms with E-state index in [2.05, 4.69) is 5.32 Å². The number of hydrogen-bond donors (Lipinski definition) is 2. The molecule has 0 radical (unpaired) electrons. The quantitative estimate of drug-likeness (QED) is 0.647. The van der Waals surface area contributed by atoms with E-state index in [1.54, 1.807) is 12.1 Å². The maximum absolute atomic E-state index is 11.1. The van der Waals surface area contributed by atoms with Crippen LogP contribution in [0.15, 0.2) is 18.2 Å². The number of benzene rings is 1. The number of nitrogens with zero attached hydrogens (tertiary/aromatic N) is 1. The maximum Gasteiger partial charge on any atom is 0.292 e. The van der Waals surface area contributed by atoms with Gasteiger partial charge in [-0.2, -0.15) is 0 Å². The third kappa shape index (κ3) is 2.71. The number of aliphatic hydroxyl groups is 1. The molecule has 5 heteroatoms. The van der Waals surface area contributed by atoms with Gasteiger partial charge in [-0.15, -0.1) is 0 Å². The SMILES string of the molecule is Cc1ccc(NC2CCCC2(C)CO)c([N+](=O)[O-])c1. The molecular formula is C14H20N2O3. The van der Waals surface area contributed by atoms with Crippen molar-refractivity contribution in [2.24, 2.45) is 5.41 Å². The van der Waals surface area contributed by atoms with Crippen molar-refractivity contribution in [3.8, 4) is 0 Å². The first-order valence-electron chi connectivity index (χ1n) is 6.59. The average molecular weight is 264 g/mol. The highest BCUT2D eigenvalue weighted by Gasteiger charge is 2.38. The number of aryl methyl sites for hydroxylation is 1. The van der Waals surface area contributed by atoms with Crippen molar-refractivity contribution in [2.75, 3.05) is 11.9 Å². The first-order chi connectivity index (χ1) is 8.96. The lowest BCUT2D eigenvalue weighted by atomic mass is 9.85. The smallest absolute Gasteiger partial charge is 0.292 e. The highest BCUT2D eigenvalue weighted by atomic mass is 16.6. The molecule has 2 N–H and O–H groups in total. The fourth-order valence-corrected chi connectivity index (χ4v) is 2.77. The lowest BCUT2D eigenvalue weighted by molar-refractivity contribution is -0.384. The molecule has 2 rings (SSSR count). The van der Waals surface area contributed by atoms with E-state index in [1.807, 2.05) is 19.9 Å². The van der Waals surface area contributed by atoms with Gasteiger partial charge < -0.3 is 10.4 Å². The summed E-state index contributed by atoms with van der Waals surface area (Å²) < 4.78 is 0. The summed E-state index contributed by atoms with van der Waals surface area (Å²) in [5.41, 5.74) is 1.32. The largest absolute Gasteiger partial charge is 0.396 e. The Bertz CT molecular complexity index is 490. The van der Waals surface area contributed by atoms with Crippen LogP contribution in [-0.4, -0.2) is 22.7 Å². The summed E-state index contributed by atoms with van der Waals surface area (Å²) in [4.78, 5) is 10.7. The van der Waals surface area contributed by atoms with E-state index in [4.69, 9.17) is 0 Å². The molecule has 1 fully saturated rings. The molecule has 104 valence electrons. The van der Waals surface area contributed by atoms with Gasteiger partial charge in [0.25, 0.3) is 5.69 Å². The Morgan fingerprint density at radius 3 is 2.95 bits per heavy atom. The van der Waals surface area contributed by atoms with Crippen molar-refractivity contribution in [3.63, 3.8) is 0 Å². The van der Waals surface area contributed by atoms with Crippen LogP contribution in [0, 0.1) is 22.5 Å². The number of rotatable bonds is 4. The molecule has 2 atom stereocenters. The zero-order valence-electron chi connectivity index (χ0n) is 11.3. The first-order valence-corrected chi connectivity index (χ1v) is 6.59. The molecule has 1 aromatic carbocycles. The van der Waals surface area contributed by atoms with Gasteiger partial charge in [-0.3, -0.25) is 10.1 Å². The molecule has 1 aliphatic rings. The monoisotopic (exact) mass is 264 g/mol. The van der Waals surface area contributed by atoms with Crippen LogP contribution in [0.1, 0.15) is 31.7 Å². The van der Waals surface area contributed by atoms with E-state index in [0.717, 1.165) is 24.8 Å². The van der Waals surface area contributed by atoms with Crippen molar-refractivity contribution in [1.82, 2.24) is 0 Å². The van der Waals surface area contributed by atoms with E-state index in [-0.39, 0.29) is 28.7 Å². The molecular weight excluding hydrogens is 244 g/mol. The Labute approximate surface area is 112 Å². The Morgan fingerprint density at radius 2 is 2.32 bits per heavy atom. The Morgan fingerprint density at radius 1 is 1.58 bits per heavy atom. The first kappa shape index (κ1) is 13.8. The van der Waals surface area contributed by atoms with Crippen molar-refractivity contribution >= 4 is 11.4 Å². The summed E-state index contributed by atoms with van der Waals surface area (Å²) in [5.74, 6) is 0. The number of nitrogens with one attached hydrogen (secondary N) is 1. The molecule has 0 amide bonds. The van der Waals surface area contributed by atoms with Crippen LogP contribution in [0.3, 0.4) is 0 Å². The maximum atomic E-state index is 11.1. The van der Waals surface area contributed by atoms with Gasteiger partial charge in [0.2, 0.25) is 0 Å². The lowest BCUT2D eigenvalue weighted by Crippen LogP contribution is -2.36. The summed E-state index contributed by atoms with van der Waals surface area (Å²) in [6.07, 6.45) is 2.91. The number of hydrogen-bond acceptors (Lipinski definition) is 4. The second-order valence-electron chi connectivity index (χ2n) is 5.68. The highest BCUT2D eigenvalue weighted by molar-refractivity contribution is 5.63. The molecule has 1 saturated carbocycles. The fraction of sp³-hybridized carbons (Fsp3) is 0.571. The number of anilines is 1. The minimum atomic E-state index is -0.361. The second kappa shape index (κ2) is 5.17. The Kier molecular flexibility index (Phi) is 3.75. The normalized spacial score (nSPS) is 26.4. The Hall–Kier alpha value is -1.62. The van der Waals surface area contributed by atoms with Gasteiger partial charge in [0, 0.05) is 17.5 Å². The van der Waals surface area contributed by atoms with Crippen LogP contribution in [0.4, 0.5) is 11.4 Å². The van der Waals surface area contributed by atoms with Crippen LogP contribution in [-0.2, 0) is 0 Å². The molecule has 1 aliphatic carbocycles. The molecule has 0 aliphatic heterocycles. The van der Waals surface area contributed by atoms with Gasteiger partial charge in [-0.1, -0.05) is 19.4 Å². The zero-order chi connectivity index (χ0) is 14.0.